The predicted octanol–water partition coefficient (Wildman–Crippen LogP) is 4.64. The molecule has 0 aliphatic carbocycles. The molecule has 0 amide bonds. The van der Waals surface area contributed by atoms with Crippen LogP contribution in [0, 0.1) is 11.6 Å². The Morgan fingerprint density at radius 3 is 2.71 bits per heavy atom. The molecule has 120 valence electrons. The zero-order valence-electron chi connectivity index (χ0n) is 12.5. The van der Waals surface area contributed by atoms with Crippen LogP contribution < -0.4 is 4.74 Å². The van der Waals surface area contributed by atoms with Crippen LogP contribution in [0.1, 0.15) is 0 Å². The first-order valence-electron chi connectivity index (χ1n) is 7.10. The highest BCUT2D eigenvalue weighted by Gasteiger charge is 2.18. The lowest BCUT2D eigenvalue weighted by molar-refractivity contribution is 0.387. The summed E-state index contributed by atoms with van der Waals surface area (Å²) in [5.74, 6) is -0.665. The number of rotatable bonds is 3. The fourth-order valence-corrected chi connectivity index (χ4v) is 3.51. The Kier molecular flexibility index (Phi) is 3.50. The zero-order chi connectivity index (χ0) is 16.7. The molecule has 1 N–H and O–H groups in total. The molecule has 0 saturated carbocycles. The highest BCUT2D eigenvalue weighted by Crippen LogP contribution is 2.37. The summed E-state index contributed by atoms with van der Waals surface area (Å²) in [7, 11) is 1.42. The Hall–Kier alpha value is -2.80. The lowest BCUT2D eigenvalue weighted by Gasteiger charge is -2.01. The number of aromatic nitrogens is 3. The predicted molar refractivity (Wildman–Crippen MR) is 89.1 cm³/mol. The Labute approximate surface area is 139 Å². The van der Waals surface area contributed by atoms with E-state index in [1.54, 1.807) is 30.5 Å². The van der Waals surface area contributed by atoms with Gasteiger partial charge >= 0.3 is 0 Å². The number of halogens is 2. The van der Waals surface area contributed by atoms with E-state index in [4.69, 9.17) is 4.74 Å². The number of hydrogen-bond acceptors (Lipinski definition) is 4. The van der Waals surface area contributed by atoms with Crippen molar-refractivity contribution in [2.75, 3.05) is 7.11 Å². The largest absolute Gasteiger partial charge is 0.494 e. The van der Waals surface area contributed by atoms with Gasteiger partial charge in [-0.1, -0.05) is 12.1 Å². The summed E-state index contributed by atoms with van der Waals surface area (Å²) in [5, 5.41) is 7.53. The molecule has 0 saturated heterocycles. The molecule has 2 heterocycles. The highest BCUT2D eigenvalue weighted by molar-refractivity contribution is 7.21. The molecule has 0 atom stereocenters. The van der Waals surface area contributed by atoms with Crippen molar-refractivity contribution in [3.8, 4) is 27.6 Å². The third kappa shape index (κ3) is 2.33. The molecule has 4 nitrogen and oxygen atoms in total. The van der Waals surface area contributed by atoms with E-state index >= 15 is 0 Å². The van der Waals surface area contributed by atoms with Crippen LogP contribution in [0.25, 0.3) is 32.0 Å². The van der Waals surface area contributed by atoms with Crippen LogP contribution in [-0.4, -0.2) is 22.3 Å². The molecule has 4 rings (SSSR count). The van der Waals surface area contributed by atoms with E-state index in [1.807, 2.05) is 0 Å². The normalized spacial score (nSPS) is 11.1. The number of methoxy groups -OCH3 is 1. The van der Waals surface area contributed by atoms with Gasteiger partial charge in [-0.2, -0.15) is 5.10 Å². The first-order valence-corrected chi connectivity index (χ1v) is 7.92. The lowest BCUT2D eigenvalue weighted by atomic mass is 10.1. The molecule has 0 aliphatic heterocycles. The summed E-state index contributed by atoms with van der Waals surface area (Å²) < 4.78 is 33.7. The van der Waals surface area contributed by atoms with Gasteiger partial charge < -0.3 is 4.74 Å². The summed E-state index contributed by atoms with van der Waals surface area (Å²) in [4.78, 5) is 4.45. The van der Waals surface area contributed by atoms with Gasteiger partial charge in [0.25, 0.3) is 0 Å². The number of fused-ring (bicyclic) bond motifs is 1. The minimum atomic E-state index is -0.469. The summed E-state index contributed by atoms with van der Waals surface area (Å²) in [6, 6.07) is 9.34. The second-order valence-corrected chi connectivity index (χ2v) is 6.13. The van der Waals surface area contributed by atoms with Crippen LogP contribution in [0.4, 0.5) is 8.78 Å². The highest BCUT2D eigenvalue weighted by atomic mass is 32.1. The number of hydrogen-bond donors (Lipinski definition) is 1. The molecule has 0 spiro atoms. The van der Waals surface area contributed by atoms with Gasteiger partial charge in [0.15, 0.2) is 11.6 Å². The number of H-pyrrole nitrogens is 1. The van der Waals surface area contributed by atoms with Crippen LogP contribution in [-0.2, 0) is 0 Å². The summed E-state index contributed by atoms with van der Waals surface area (Å²) >= 11 is 1.37. The van der Waals surface area contributed by atoms with Gasteiger partial charge in [0.2, 0.25) is 0 Å². The standard InChI is InChI=1S/C17H11F2N3OS/c1-23-14-7-15-13(6-12(14)19)21-17(24-15)10-8-20-22-16(10)9-4-2-3-5-11(9)18/h2-8H,1H3,(H,20,22). The third-order valence-corrected chi connectivity index (χ3v) is 4.71. The minimum absolute atomic E-state index is 0.166. The van der Waals surface area contributed by atoms with Gasteiger partial charge in [-0.25, -0.2) is 13.8 Å². The molecule has 0 fully saturated rings. The molecule has 0 bridgehead atoms. The fraction of sp³-hybridized carbons (Fsp3) is 0.0588. The monoisotopic (exact) mass is 343 g/mol. The molecule has 7 heteroatoms. The third-order valence-electron chi connectivity index (χ3n) is 3.66. The molecular weight excluding hydrogens is 332 g/mol. The first kappa shape index (κ1) is 14.8. The maximum absolute atomic E-state index is 14.1. The second-order valence-electron chi connectivity index (χ2n) is 5.10. The van der Waals surface area contributed by atoms with Crippen LogP contribution >= 0.6 is 11.3 Å². The van der Waals surface area contributed by atoms with Crippen LogP contribution in [0.5, 0.6) is 5.75 Å². The number of aromatic amines is 1. The van der Waals surface area contributed by atoms with Crippen molar-refractivity contribution in [1.29, 1.82) is 0 Å². The van der Waals surface area contributed by atoms with Crippen LogP contribution in [0.3, 0.4) is 0 Å². The summed E-state index contributed by atoms with van der Waals surface area (Å²) in [5.41, 5.74) is 2.05. The molecule has 0 aliphatic rings. The van der Waals surface area contributed by atoms with Gasteiger partial charge in [-0.05, 0) is 12.1 Å². The van der Waals surface area contributed by atoms with Crippen LogP contribution in [0.2, 0.25) is 0 Å². The van der Waals surface area contributed by atoms with E-state index in [-0.39, 0.29) is 11.6 Å². The number of nitrogens with one attached hydrogen (secondary N) is 1. The van der Waals surface area contributed by atoms with Crippen molar-refractivity contribution in [2.45, 2.75) is 0 Å². The molecule has 24 heavy (non-hydrogen) atoms. The smallest absolute Gasteiger partial charge is 0.167 e. The van der Waals surface area contributed by atoms with E-state index in [0.29, 0.717) is 27.3 Å². The average Bonchev–Trinajstić information content (AvgIpc) is 3.20. The van der Waals surface area contributed by atoms with E-state index in [0.717, 1.165) is 4.70 Å². The zero-order valence-corrected chi connectivity index (χ0v) is 13.3. The Balaban J connectivity index is 1.88. The van der Waals surface area contributed by atoms with Gasteiger partial charge in [0, 0.05) is 23.9 Å². The number of thiazole rings is 1. The van der Waals surface area contributed by atoms with Gasteiger partial charge in [0.05, 0.1) is 22.9 Å². The van der Waals surface area contributed by atoms with Crippen molar-refractivity contribution in [3.05, 3.63) is 54.2 Å². The van der Waals surface area contributed by atoms with Crippen LogP contribution in [0.15, 0.2) is 42.6 Å². The maximum atomic E-state index is 14.1. The maximum Gasteiger partial charge on any atom is 0.167 e. The molecular formula is C17H11F2N3OS. The van der Waals surface area contributed by atoms with E-state index in [2.05, 4.69) is 15.2 Å². The van der Waals surface area contributed by atoms with Crippen molar-refractivity contribution in [3.63, 3.8) is 0 Å². The van der Waals surface area contributed by atoms with Crippen molar-refractivity contribution < 1.29 is 13.5 Å². The molecule has 4 aromatic rings. The van der Waals surface area contributed by atoms with E-state index in [9.17, 15) is 8.78 Å². The van der Waals surface area contributed by atoms with Gasteiger partial charge in [-0.3, -0.25) is 5.10 Å². The minimum Gasteiger partial charge on any atom is -0.494 e. The number of nitrogens with zero attached hydrogens (tertiary/aromatic N) is 2. The number of benzene rings is 2. The van der Waals surface area contributed by atoms with E-state index < -0.39 is 5.82 Å². The van der Waals surface area contributed by atoms with E-state index in [1.165, 1.54) is 30.6 Å². The summed E-state index contributed by atoms with van der Waals surface area (Å²) in [6.07, 6.45) is 1.66. The Morgan fingerprint density at radius 1 is 1.08 bits per heavy atom. The first-order chi connectivity index (χ1) is 11.7. The van der Waals surface area contributed by atoms with Crippen molar-refractivity contribution in [1.82, 2.24) is 15.2 Å². The van der Waals surface area contributed by atoms with Crippen molar-refractivity contribution >= 4 is 21.6 Å². The SMILES string of the molecule is COc1cc2sc(-c3c[nH]nc3-c3ccccc3F)nc2cc1F. The van der Waals surface area contributed by atoms with Crippen molar-refractivity contribution in [2.24, 2.45) is 0 Å². The molecule has 0 unspecified atom stereocenters. The molecule has 2 aromatic carbocycles. The van der Waals surface area contributed by atoms with Gasteiger partial charge in [-0.15, -0.1) is 11.3 Å². The quantitative estimate of drug-likeness (QED) is 0.589. The number of ether oxygens (including phenoxy) is 1. The topological polar surface area (TPSA) is 50.8 Å². The average molecular weight is 343 g/mol. The van der Waals surface area contributed by atoms with Gasteiger partial charge in [0.1, 0.15) is 16.5 Å². The summed E-state index contributed by atoms with van der Waals surface area (Å²) in [6.45, 7) is 0. The Morgan fingerprint density at radius 2 is 1.92 bits per heavy atom. The second kappa shape index (κ2) is 5.68. The molecule has 0 radical (unpaired) electrons. The molecule has 2 aromatic heterocycles. The lowest BCUT2D eigenvalue weighted by Crippen LogP contribution is -1.87. The Bertz CT molecular complexity index is 1040. The fourth-order valence-electron chi connectivity index (χ4n) is 2.51.